The summed E-state index contributed by atoms with van der Waals surface area (Å²) in [4.78, 5) is 50.2. The summed E-state index contributed by atoms with van der Waals surface area (Å²) < 4.78 is 26.0. The third-order valence-electron chi connectivity index (χ3n) is 8.36. The molecule has 0 aliphatic carbocycles. The Labute approximate surface area is 246 Å². The number of benzene rings is 1. The highest BCUT2D eigenvalue weighted by Crippen LogP contribution is 2.26. The fourth-order valence-corrected chi connectivity index (χ4v) is 6.08. The van der Waals surface area contributed by atoms with E-state index in [9.17, 15) is 18.8 Å². The molecule has 2 atom stereocenters. The van der Waals surface area contributed by atoms with Gasteiger partial charge in [-0.3, -0.25) is 19.3 Å². The van der Waals surface area contributed by atoms with E-state index in [0.29, 0.717) is 45.0 Å². The van der Waals surface area contributed by atoms with Gasteiger partial charge < -0.3 is 24.6 Å². The molecule has 2 fully saturated rings. The lowest BCUT2D eigenvalue weighted by atomic mass is 9.95. The lowest BCUT2D eigenvalue weighted by Crippen LogP contribution is -2.51. The van der Waals surface area contributed by atoms with Gasteiger partial charge in [0.25, 0.3) is 11.8 Å². The van der Waals surface area contributed by atoms with Gasteiger partial charge in [-0.1, -0.05) is 18.2 Å². The Kier molecular flexibility index (Phi) is 9.69. The van der Waals surface area contributed by atoms with Crippen molar-refractivity contribution in [3.05, 3.63) is 59.5 Å². The van der Waals surface area contributed by atoms with Crippen LogP contribution in [-0.4, -0.2) is 108 Å². The summed E-state index contributed by atoms with van der Waals surface area (Å²) in [6.07, 6.45) is 2.02. The molecule has 226 valence electrons. The van der Waals surface area contributed by atoms with Crippen LogP contribution in [0.15, 0.2) is 42.5 Å². The van der Waals surface area contributed by atoms with Crippen LogP contribution in [0, 0.1) is 11.7 Å². The summed E-state index contributed by atoms with van der Waals surface area (Å²) in [7, 11) is 0. The molecule has 1 N–H and O–H groups in total. The molecule has 1 aromatic carbocycles. The number of halogens is 1. The molecule has 42 heavy (non-hydrogen) atoms. The van der Waals surface area contributed by atoms with Crippen LogP contribution in [-0.2, 0) is 9.53 Å². The highest BCUT2D eigenvalue weighted by Gasteiger charge is 2.41. The molecule has 0 unspecified atom stereocenters. The van der Waals surface area contributed by atoms with Crippen LogP contribution in [0.2, 0.25) is 0 Å². The van der Waals surface area contributed by atoms with Gasteiger partial charge in [-0.2, -0.15) is 0 Å². The normalized spacial score (nSPS) is 24.7. The van der Waals surface area contributed by atoms with Gasteiger partial charge in [0.15, 0.2) is 0 Å². The number of nitrogens with one attached hydrogen (secondary N) is 1. The van der Waals surface area contributed by atoms with Crippen LogP contribution in [0.5, 0.6) is 5.88 Å². The Morgan fingerprint density at radius 2 is 1.79 bits per heavy atom. The molecule has 4 aliphatic rings. The van der Waals surface area contributed by atoms with Crippen molar-refractivity contribution in [2.24, 2.45) is 5.92 Å². The topological polar surface area (TPSA) is 104 Å². The van der Waals surface area contributed by atoms with Crippen LogP contribution in [0.25, 0.3) is 0 Å². The third kappa shape index (κ3) is 7.07. The standard InChI is InChI=1S/C31H40FN5O5/c1-21(2)37-20-23-18-27(37)31(40)35-12-10-22(11-13-35)19-36(30(39)24-6-3-4-7-25(24)32)14-15-41-16-17-42-28-9-5-8-26(34-28)29(38)33-23/h3-9,21-23,27H,10-20H2,1-2H3,(H,33,38)/t23-,27+/m1/s1. The van der Waals surface area contributed by atoms with Crippen molar-refractivity contribution in [1.29, 1.82) is 0 Å². The first-order chi connectivity index (χ1) is 20.3. The van der Waals surface area contributed by atoms with Crippen LogP contribution in [0.4, 0.5) is 4.39 Å². The van der Waals surface area contributed by atoms with E-state index >= 15 is 0 Å². The van der Waals surface area contributed by atoms with Gasteiger partial charge in [-0.25, -0.2) is 9.37 Å². The summed E-state index contributed by atoms with van der Waals surface area (Å²) in [6.45, 7) is 7.38. The molecule has 2 aromatic rings. The number of amides is 3. The maximum atomic E-state index is 14.5. The summed E-state index contributed by atoms with van der Waals surface area (Å²) in [5, 5.41) is 3.07. The van der Waals surface area contributed by atoms with E-state index in [2.05, 4.69) is 29.0 Å². The molecular weight excluding hydrogens is 541 g/mol. The minimum Gasteiger partial charge on any atom is -0.475 e. The van der Waals surface area contributed by atoms with Crippen molar-refractivity contribution in [1.82, 2.24) is 25.0 Å². The van der Waals surface area contributed by atoms with Gasteiger partial charge in [0.2, 0.25) is 11.8 Å². The van der Waals surface area contributed by atoms with E-state index in [0.717, 1.165) is 12.8 Å². The number of ether oxygens (including phenoxy) is 2. The first-order valence-electron chi connectivity index (χ1n) is 14.9. The molecule has 0 radical (unpaired) electrons. The number of fused-ring (bicyclic) bond motifs is 10. The van der Waals surface area contributed by atoms with Crippen molar-refractivity contribution in [3.8, 4) is 5.88 Å². The van der Waals surface area contributed by atoms with Crippen molar-refractivity contribution < 1.29 is 28.2 Å². The number of carbonyl (C=O) groups is 3. The number of aromatic nitrogens is 1. The number of likely N-dealkylation sites (tertiary alicyclic amines) is 1. The van der Waals surface area contributed by atoms with Gasteiger partial charge in [-0.15, -0.1) is 0 Å². The molecular formula is C31H40FN5O5. The second-order valence-electron chi connectivity index (χ2n) is 11.5. The summed E-state index contributed by atoms with van der Waals surface area (Å²) in [5.74, 6) is -0.659. The van der Waals surface area contributed by atoms with Crippen molar-refractivity contribution >= 4 is 17.7 Å². The third-order valence-corrected chi connectivity index (χ3v) is 8.36. The number of nitrogens with zero attached hydrogens (tertiary/aromatic N) is 4. The fourth-order valence-electron chi connectivity index (χ4n) is 6.08. The van der Waals surface area contributed by atoms with Crippen LogP contribution >= 0.6 is 0 Å². The molecule has 5 heterocycles. The highest BCUT2D eigenvalue weighted by atomic mass is 19.1. The zero-order chi connectivity index (χ0) is 29.6. The Bertz CT molecular complexity index is 1270. The minimum atomic E-state index is -0.549. The van der Waals surface area contributed by atoms with E-state index in [1.807, 2.05) is 4.90 Å². The van der Waals surface area contributed by atoms with E-state index < -0.39 is 5.82 Å². The van der Waals surface area contributed by atoms with Crippen LogP contribution < -0.4 is 10.1 Å². The zero-order valence-corrected chi connectivity index (χ0v) is 24.3. The second kappa shape index (κ2) is 13.6. The van der Waals surface area contributed by atoms with Crippen molar-refractivity contribution in [3.63, 3.8) is 0 Å². The average molecular weight is 582 g/mol. The Morgan fingerprint density at radius 1 is 1.00 bits per heavy atom. The molecule has 4 aliphatic heterocycles. The van der Waals surface area contributed by atoms with Gasteiger partial charge in [0, 0.05) is 50.9 Å². The van der Waals surface area contributed by atoms with Crippen LogP contribution in [0.1, 0.15) is 54.0 Å². The average Bonchev–Trinajstić information content (AvgIpc) is 3.42. The maximum Gasteiger partial charge on any atom is 0.270 e. The second-order valence-corrected chi connectivity index (χ2v) is 11.5. The van der Waals surface area contributed by atoms with Gasteiger partial charge >= 0.3 is 0 Å². The molecule has 6 rings (SSSR count). The first kappa shape index (κ1) is 29.9. The monoisotopic (exact) mass is 581 g/mol. The number of hydrogen-bond donors (Lipinski definition) is 1. The number of pyridine rings is 1. The quantitative estimate of drug-likeness (QED) is 0.544. The van der Waals surface area contributed by atoms with Crippen molar-refractivity contribution in [2.45, 2.75) is 51.2 Å². The minimum absolute atomic E-state index is 0.0395. The first-order valence-corrected chi connectivity index (χ1v) is 14.9. The van der Waals surface area contributed by atoms with Gasteiger partial charge in [-0.05, 0) is 57.2 Å². The Balaban J connectivity index is 1.34. The molecule has 3 amide bonds. The van der Waals surface area contributed by atoms with Crippen molar-refractivity contribution in [2.75, 3.05) is 52.5 Å². The molecule has 0 spiro atoms. The zero-order valence-electron chi connectivity index (χ0n) is 24.3. The lowest BCUT2D eigenvalue weighted by molar-refractivity contribution is -0.138. The SMILES string of the molecule is CC(C)N1C[C@H]2C[C@H]1C(=O)N1CCC(CC1)CN(C(=O)c1ccccc1F)CCOCCOc1cccc(n1)C(=O)N2. The maximum absolute atomic E-state index is 14.5. The molecule has 11 heteroatoms. The van der Waals surface area contributed by atoms with Crippen LogP contribution in [0.3, 0.4) is 0 Å². The molecule has 0 saturated carbocycles. The van der Waals surface area contributed by atoms with E-state index in [4.69, 9.17) is 9.47 Å². The number of carbonyl (C=O) groups excluding carboxylic acids is 3. The van der Waals surface area contributed by atoms with E-state index in [-0.39, 0.29) is 72.8 Å². The van der Waals surface area contributed by atoms with Gasteiger partial charge in [0.05, 0.1) is 24.8 Å². The van der Waals surface area contributed by atoms with E-state index in [1.54, 1.807) is 35.2 Å². The fraction of sp³-hybridized carbons (Fsp3) is 0.548. The van der Waals surface area contributed by atoms with Gasteiger partial charge in [0.1, 0.15) is 18.1 Å². The highest BCUT2D eigenvalue weighted by molar-refractivity contribution is 5.94. The predicted molar refractivity (Wildman–Crippen MR) is 154 cm³/mol. The lowest BCUT2D eigenvalue weighted by Gasteiger charge is -2.38. The van der Waals surface area contributed by atoms with E-state index in [1.165, 1.54) is 12.1 Å². The molecule has 1 aromatic heterocycles. The Hall–Kier alpha value is -3.57. The summed E-state index contributed by atoms with van der Waals surface area (Å²) in [6, 6.07) is 10.7. The number of piperidine rings is 1. The largest absolute Gasteiger partial charge is 0.475 e. The predicted octanol–water partition coefficient (Wildman–Crippen LogP) is 2.59. The number of rotatable bonds is 2. The number of hydrogen-bond acceptors (Lipinski definition) is 7. The smallest absolute Gasteiger partial charge is 0.270 e. The molecule has 6 bridgehead atoms. The molecule has 10 nitrogen and oxygen atoms in total. The summed E-state index contributed by atoms with van der Waals surface area (Å²) >= 11 is 0. The summed E-state index contributed by atoms with van der Waals surface area (Å²) in [5.41, 5.74) is 0.284. The molecule has 2 saturated heterocycles. The Morgan fingerprint density at radius 3 is 2.55 bits per heavy atom.